The third-order valence-corrected chi connectivity index (χ3v) is 6.30. The quantitative estimate of drug-likeness (QED) is 0.698. The molecule has 0 aromatic rings. The first-order valence-corrected chi connectivity index (χ1v) is 10.7. The topological polar surface area (TPSA) is 93.1 Å². The summed E-state index contributed by atoms with van der Waals surface area (Å²) in [5.74, 6) is -0.199. The molecule has 0 spiro atoms. The molecule has 0 amide bonds. The Morgan fingerprint density at radius 1 is 1.31 bits per heavy atom. The number of rotatable bonds is 4. The second-order valence-electron chi connectivity index (χ2n) is 9.91. The van der Waals surface area contributed by atoms with E-state index in [0.717, 1.165) is 12.0 Å². The Kier molecular flexibility index (Phi) is 6.54. The molecule has 6 nitrogen and oxygen atoms in total. The minimum atomic E-state index is -0.638. The fourth-order valence-corrected chi connectivity index (χ4v) is 4.82. The van der Waals surface area contributed by atoms with Gasteiger partial charge in [0, 0.05) is 18.8 Å². The van der Waals surface area contributed by atoms with Crippen molar-refractivity contribution in [3.8, 4) is 0 Å². The van der Waals surface area contributed by atoms with E-state index in [1.165, 1.54) is 0 Å². The molecule has 3 rings (SSSR count). The van der Waals surface area contributed by atoms with E-state index in [2.05, 4.69) is 13.0 Å². The van der Waals surface area contributed by atoms with Gasteiger partial charge in [0.25, 0.3) is 0 Å². The average Bonchev–Trinajstić information content (AvgIpc) is 2.59. The largest absolute Gasteiger partial charge is 0.462 e. The van der Waals surface area contributed by atoms with Crippen LogP contribution in [-0.2, 0) is 19.1 Å². The minimum absolute atomic E-state index is 0.00826. The number of carbonyl (C=O) groups excluding carboxylic acids is 2. The number of aliphatic hydroxyl groups is 2. The lowest BCUT2D eigenvalue weighted by molar-refractivity contribution is -0.166. The van der Waals surface area contributed by atoms with Crippen molar-refractivity contribution in [2.45, 2.75) is 84.2 Å². The van der Waals surface area contributed by atoms with Crippen LogP contribution in [0.2, 0.25) is 0 Å². The van der Waals surface area contributed by atoms with Crippen LogP contribution in [0.15, 0.2) is 23.8 Å². The molecule has 0 saturated carbocycles. The van der Waals surface area contributed by atoms with Gasteiger partial charge in [-0.1, -0.05) is 25.2 Å². The minimum Gasteiger partial charge on any atom is -0.462 e. The van der Waals surface area contributed by atoms with Gasteiger partial charge in [-0.05, 0) is 51.0 Å². The van der Waals surface area contributed by atoms with Gasteiger partial charge in [0.1, 0.15) is 12.2 Å². The van der Waals surface area contributed by atoms with E-state index >= 15 is 0 Å². The van der Waals surface area contributed by atoms with Crippen molar-refractivity contribution < 1.29 is 29.3 Å². The molecule has 0 bridgehead atoms. The Labute approximate surface area is 173 Å². The molecule has 7 atom stereocenters. The van der Waals surface area contributed by atoms with Crippen LogP contribution >= 0.6 is 0 Å². The van der Waals surface area contributed by atoms with Crippen LogP contribution in [0.1, 0.15) is 59.8 Å². The molecule has 6 heteroatoms. The zero-order chi connectivity index (χ0) is 21.3. The fourth-order valence-electron chi connectivity index (χ4n) is 4.82. The highest BCUT2D eigenvalue weighted by molar-refractivity contribution is 5.75. The molecule has 0 radical (unpaired) electrons. The van der Waals surface area contributed by atoms with Crippen LogP contribution in [0.25, 0.3) is 0 Å². The van der Waals surface area contributed by atoms with Crippen molar-refractivity contribution in [2.75, 3.05) is 0 Å². The number of aliphatic hydroxyl groups excluding tert-OH is 2. The summed E-state index contributed by atoms with van der Waals surface area (Å²) in [5, 5.41) is 20.2. The molecule has 1 fully saturated rings. The Morgan fingerprint density at radius 3 is 2.69 bits per heavy atom. The van der Waals surface area contributed by atoms with Crippen LogP contribution in [0.3, 0.4) is 0 Å². The van der Waals surface area contributed by atoms with Gasteiger partial charge in [0.05, 0.1) is 24.0 Å². The molecule has 29 heavy (non-hydrogen) atoms. The molecule has 1 aliphatic heterocycles. The number of fused-ring (bicyclic) bond motifs is 1. The summed E-state index contributed by atoms with van der Waals surface area (Å²) in [6.45, 7) is 7.61. The molecule has 1 saturated heterocycles. The highest BCUT2D eigenvalue weighted by Gasteiger charge is 2.43. The number of ether oxygens (including phenoxy) is 2. The van der Waals surface area contributed by atoms with Crippen molar-refractivity contribution in [3.05, 3.63) is 23.8 Å². The molecule has 0 unspecified atom stereocenters. The second kappa shape index (κ2) is 8.60. The fraction of sp³-hybridized carbons (Fsp3) is 0.739. The Morgan fingerprint density at radius 2 is 2.03 bits per heavy atom. The number of hydrogen-bond donors (Lipinski definition) is 2. The van der Waals surface area contributed by atoms with Gasteiger partial charge < -0.3 is 19.7 Å². The van der Waals surface area contributed by atoms with E-state index in [0.29, 0.717) is 19.3 Å². The maximum absolute atomic E-state index is 12.6. The zero-order valence-electron chi connectivity index (χ0n) is 17.8. The molecular weight excluding hydrogens is 372 g/mol. The number of carbonyl (C=O) groups is 2. The van der Waals surface area contributed by atoms with Crippen LogP contribution in [0, 0.1) is 23.2 Å². The molecule has 0 aromatic heterocycles. The lowest BCUT2D eigenvalue weighted by atomic mass is 9.66. The van der Waals surface area contributed by atoms with Crippen molar-refractivity contribution >= 4 is 11.9 Å². The molecule has 3 aliphatic rings. The third-order valence-electron chi connectivity index (χ3n) is 6.30. The van der Waals surface area contributed by atoms with Crippen molar-refractivity contribution in [1.82, 2.24) is 0 Å². The average molecular weight is 407 g/mol. The SMILES string of the molecule is C[C@@H](C[C@@H]1C[C@@H](O)CC(=O)O1)[C@@H]1CC=CC2=C[C@@H](O)C[C@H](OC(=O)C(C)(C)C)[C@@H]21. The summed E-state index contributed by atoms with van der Waals surface area (Å²) in [7, 11) is 0. The van der Waals surface area contributed by atoms with Gasteiger partial charge >= 0.3 is 11.9 Å². The molecule has 2 N–H and O–H groups in total. The first kappa shape index (κ1) is 22.0. The van der Waals surface area contributed by atoms with Gasteiger partial charge in [-0.2, -0.15) is 0 Å². The summed E-state index contributed by atoms with van der Waals surface area (Å²) in [5.41, 5.74) is 0.406. The van der Waals surface area contributed by atoms with Crippen LogP contribution < -0.4 is 0 Å². The molecule has 2 aliphatic carbocycles. The molecule has 1 heterocycles. The lowest BCUT2D eigenvalue weighted by Crippen LogP contribution is -2.44. The van der Waals surface area contributed by atoms with Crippen LogP contribution in [0.5, 0.6) is 0 Å². The summed E-state index contributed by atoms with van der Waals surface area (Å²) < 4.78 is 11.4. The van der Waals surface area contributed by atoms with Gasteiger partial charge in [-0.25, -0.2) is 0 Å². The zero-order valence-corrected chi connectivity index (χ0v) is 17.8. The summed E-state index contributed by atoms with van der Waals surface area (Å²) in [4.78, 5) is 24.2. The monoisotopic (exact) mass is 406 g/mol. The van der Waals surface area contributed by atoms with E-state index in [9.17, 15) is 19.8 Å². The summed E-state index contributed by atoms with van der Waals surface area (Å²) in [6.07, 6.45) is 6.48. The maximum Gasteiger partial charge on any atom is 0.311 e. The second-order valence-corrected chi connectivity index (χ2v) is 9.91. The van der Waals surface area contributed by atoms with Crippen LogP contribution in [0.4, 0.5) is 0 Å². The third kappa shape index (κ3) is 5.28. The Balaban J connectivity index is 1.77. The lowest BCUT2D eigenvalue weighted by Gasteiger charge is -2.43. The first-order valence-electron chi connectivity index (χ1n) is 10.7. The van der Waals surface area contributed by atoms with Gasteiger partial charge in [-0.15, -0.1) is 0 Å². The number of allylic oxidation sites excluding steroid dienone is 2. The van der Waals surface area contributed by atoms with Crippen molar-refractivity contribution in [3.63, 3.8) is 0 Å². The van der Waals surface area contributed by atoms with Crippen molar-refractivity contribution in [2.24, 2.45) is 23.2 Å². The van der Waals surface area contributed by atoms with E-state index in [1.807, 2.05) is 32.9 Å². The normalized spacial score (nSPS) is 35.9. The number of cyclic esters (lactones) is 1. The van der Waals surface area contributed by atoms with Crippen LogP contribution in [-0.4, -0.2) is 46.6 Å². The summed E-state index contributed by atoms with van der Waals surface area (Å²) in [6, 6.07) is 0. The highest BCUT2D eigenvalue weighted by Crippen LogP contribution is 2.44. The predicted octanol–water partition coefficient (Wildman–Crippen LogP) is 2.92. The first-order chi connectivity index (χ1) is 13.5. The molecular formula is C23H34O6. The number of hydrogen-bond acceptors (Lipinski definition) is 6. The van der Waals surface area contributed by atoms with E-state index in [1.54, 1.807) is 0 Å². The summed E-state index contributed by atoms with van der Waals surface area (Å²) >= 11 is 0. The molecule has 0 aromatic carbocycles. The van der Waals surface area contributed by atoms with Gasteiger partial charge in [-0.3, -0.25) is 9.59 Å². The van der Waals surface area contributed by atoms with Gasteiger partial charge in [0.2, 0.25) is 0 Å². The van der Waals surface area contributed by atoms with E-state index in [-0.39, 0.29) is 48.3 Å². The van der Waals surface area contributed by atoms with E-state index < -0.39 is 17.6 Å². The van der Waals surface area contributed by atoms with E-state index in [4.69, 9.17) is 9.47 Å². The standard InChI is InChI=1S/C23H34O6/c1-13(8-17-10-16(25)12-20(26)28-17)18-7-5-6-14-9-15(24)11-19(21(14)18)29-22(27)23(2,3)4/h5-6,9,13,15-19,21,24-25H,7-8,10-12H2,1-4H3/t13-,15+,16+,17+,18-,19-,21-/m0/s1. The highest BCUT2D eigenvalue weighted by atomic mass is 16.6. The predicted molar refractivity (Wildman–Crippen MR) is 108 cm³/mol. The van der Waals surface area contributed by atoms with Gasteiger partial charge in [0.15, 0.2) is 0 Å². The maximum atomic E-state index is 12.6. The number of esters is 2. The Hall–Kier alpha value is -1.66. The van der Waals surface area contributed by atoms with Crippen molar-refractivity contribution in [1.29, 1.82) is 0 Å². The molecule has 162 valence electrons. The Bertz CT molecular complexity index is 688. The smallest absolute Gasteiger partial charge is 0.311 e.